The van der Waals surface area contributed by atoms with Crippen molar-refractivity contribution in [1.29, 1.82) is 0 Å². The summed E-state index contributed by atoms with van der Waals surface area (Å²) in [6.45, 7) is 9.31. The Morgan fingerprint density at radius 1 is 0.622 bits per heavy atom. The SMILES string of the molecule is CC1(C)CC(C)(C)c2cc(-c3ccc(-c4nc(-c5ccccc5)nc(N(c5ccccc5)c5ccccc5)n4)cn3)[c-]cc21.[Ir]. The van der Waals surface area contributed by atoms with Gasteiger partial charge in [0, 0.05) is 48.8 Å². The molecule has 0 saturated heterocycles. The minimum atomic E-state index is 0. The first-order valence-electron chi connectivity index (χ1n) is 15.0. The first-order valence-corrected chi connectivity index (χ1v) is 15.0. The Balaban J connectivity index is 0.00000357. The van der Waals surface area contributed by atoms with Crippen LogP contribution >= 0.6 is 0 Å². The van der Waals surface area contributed by atoms with E-state index in [1.54, 1.807) is 0 Å². The molecule has 225 valence electrons. The summed E-state index contributed by atoms with van der Waals surface area (Å²) in [6.07, 6.45) is 2.97. The first-order chi connectivity index (χ1) is 21.3. The van der Waals surface area contributed by atoms with Gasteiger partial charge in [0.1, 0.15) is 0 Å². The second kappa shape index (κ2) is 12.1. The molecular formula is C39H34IrN5-. The molecule has 0 bridgehead atoms. The van der Waals surface area contributed by atoms with E-state index in [1.807, 2.05) is 85.1 Å². The van der Waals surface area contributed by atoms with Gasteiger partial charge in [0.25, 0.3) is 0 Å². The Hall–Kier alpha value is -4.51. The standard InChI is InChI=1S/C39H34N5.Ir/c1-38(2)26-39(3,4)33-24-28(20-22-32(33)38)34-23-21-29(25-40-34)36-41-35(27-14-8-5-9-15-27)42-37(43-36)44(30-16-10-6-11-17-30)31-18-12-7-13-19-31;/h5-19,21-25H,26H2,1-4H3;/q-1;. The normalized spacial score (nSPS) is 14.3. The zero-order valence-corrected chi connectivity index (χ0v) is 28.2. The summed E-state index contributed by atoms with van der Waals surface area (Å²) in [7, 11) is 0. The van der Waals surface area contributed by atoms with Gasteiger partial charge in [-0.3, -0.25) is 4.90 Å². The van der Waals surface area contributed by atoms with E-state index < -0.39 is 0 Å². The topological polar surface area (TPSA) is 54.8 Å². The predicted octanol–water partition coefficient (Wildman–Crippen LogP) is 9.49. The Kier molecular flexibility index (Phi) is 8.21. The Morgan fingerprint density at radius 2 is 1.18 bits per heavy atom. The molecule has 2 heterocycles. The molecule has 45 heavy (non-hydrogen) atoms. The number of hydrogen-bond donors (Lipinski definition) is 0. The van der Waals surface area contributed by atoms with Crippen molar-refractivity contribution in [2.24, 2.45) is 0 Å². The van der Waals surface area contributed by atoms with Gasteiger partial charge in [-0.15, -0.1) is 34.9 Å². The molecule has 0 aliphatic heterocycles. The quantitative estimate of drug-likeness (QED) is 0.158. The third kappa shape index (κ3) is 5.96. The number of anilines is 3. The van der Waals surface area contributed by atoms with E-state index in [1.165, 1.54) is 11.1 Å². The summed E-state index contributed by atoms with van der Waals surface area (Å²) in [6, 6.07) is 42.4. The van der Waals surface area contributed by atoms with Gasteiger partial charge in [0.05, 0.1) is 0 Å². The molecule has 7 rings (SSSR count). The van der Waals surface area contributed by atoms with Crippen molar-refractivity contribution in [2.45, 2.75) is 44.9 Å². The van der Waals surface area contributed by atoms with Crippen LogP contribution in [0.4, 0.5) is 17.3 Å². The summed E-state index contributed by atoms with van der Waals surface area (Å²) < 4.78 is 0. The van der Waals surface area contributed by atoms with Gasteiger partial charge in [0.2, 0.25) is 5.95 Å². The maximum Gasteiger partial charge on any atom is 0.238 e. The monoisotopic (exact) mass is 765 g/mol. The van der Waals surface area contributed by atoms with Crippen LogP contribution in [0.25, 0.3) is 34.0 Å². The average Bonchev–Trinajstić information content (AvgIpc) is 3.25. The maximum atomic E-state index is 5.02. The summed E-state index contributed by atoms with van der Waals surface area (Å²) in [5.41, 5.74) is 8.57. The van der Waals surface area contributed by atoms with Crippen LogP contribution in [0.15, 0.2) is 121 Å². The van der Waals surface area contributed by atoms with Crippen LogP contribution in [0.3, 0.4) is 0 Å². The summed E-state index contributed by atoms with van der Waals surface area (Å²) in [5, 5.41) is 0. The molecule has 0 amide bonds. The number of aromatic nitrogens is 4. The van der Waals surface area contributed by atoms with Crippen molar-refractivity contribution < 1.29 is 20.1 Å². The van der Waals surface area contributed by atoms with E-state index in [4.69, 9.17) is 19.9 Å². The molecule has 2 aromatic heterocycles. The van der Waals surface area contributed by atoms with Crippen LogP contribution in [0.5, 0.6) is 0 Å². The number of para-hydroxylation sites is 2. The molecule has 0 fully saturated rings. The van der Waals surface area contributed by atoms with E-state index in [0.29, 0.717) is 17.6 Å². The number of benzene rings is 4. The van der Waals surface area contributed by atoms with Gasteiger partial charge in [-0.1, -0.05) is 107 Å². The molecule has 0 unspecified atom stereocenters. The smallest absolute Gasteiger partial charge is 0.238 e. The van der Waals surface area contributed by atoms with Gasteiger partial charge in [-0.2, -0.15) is 9.97 Å². The third-order valence-corrected chi connectivity index (χ3v) is 8.48. The van der Waals surface area contributed by atoms with E-state index in [-0.39, 0.29) is 30.9 Å². The molecule has 1 radical (unpaired) electrons. The van der Waals surface area contributed by atoms with Gasteiger partial charge in [-0.05, 0) is 47.2 Å². The minimum absolute atomic E-state index is 0. The van der Waals surface area contributed by atoms with Crippen LogP contribution in [-0.4, -0.2) is 19.9 Å². The number of nitrogens with zero attached hydrogens (tertiary/aromatic N) is 5. The van der Waals surface area contributed by atoms with E-state index in [2.05, 4.69) is 75.1 Å². The fourth-order valence-electron chi connectivity index (χ4n) is 6.58. The van der Waals surface area contributed by atoms with Crippen LogP contribution in [0, 0.1) is 6.07 Å². The Labute approximate surface area is 278 Å². The fraction of sp³-hybridized carbons (Fsp3) is 0.179. The van der Waals surface area contributed by atoms with Gasteiger partial charge >= 0.3 is 0 Å². The van der Waals surface area contributed by atoms with Crippen molar-refractivity contribution in [1.82, 2.24) is 19.9 Å². The molecule has 4 aromatic carbocycles. The largest absolute Gasteiger partial charge is 0.304 e. The molecule has 0 atom stereocenters. The van der Waals surface area contributed by atoms with Crippen LogP contribution < -0.4 is 4.90 Å². The van der Waals surface area contributed by atoms with Crippen molar-refractivity contribution in [3.63, 3.8) is 0 Å². The first kappa shape index (κ1) is 30.5. The molecule has 1 aliphatic carbocycles. The average molecular weight is 765 g/mol. The molecule has 0 saturated carbocycles. The second-order valence-electron chi connectivity index (χ2n) is 12.7. The summed E-state index contributed by atoms with van der Waals surface area (Å²) in [5.74, 6) is 1.70. The van der Waals surface area contributed by atoms with Crippen molar-refractivity contribution in [3.05, 3.63) is 139 Å². The number of pyridine rings is 1. The number of fused-ring (bicyclic) bond motifs is 1. The van der Waals surface area contributed by atoms with E-state index >= 15 is 0 Å². The van der Waals surface area contributed by atoms with Gasteiger partial charge in [-0.25, -0.2) is 4.98 Å². The molecule has 0 spiro atoms. The molecule has 6 aromatic rings. The van der Waals surface area contributed by atoms with Crippen molar-refractivity contribution >= 4 is 17.3 Å². The zero-order chi connectivity index (χ0) is 30.3. The fourth-order valence-corrected chi connectivity index (χ4v) is 6.58. The Morgan fingerprint density at radius 3 is 1.76 bits per heavy atom. The molecule has 6 heteroatoms. The molecule has 5 nitrogen and oxygen atoms in total. The second-order valence-corrected chi connectivity index (χ2v) is 12.7. The summed E-state index contributed by atoms with van der Waals surface area (Å²) in [4.78, 5) is 21.9. The van der Waals surface area contributed by atoms with Crippen LogP contribution in [-0.2, 0) is 30.9 Å². The number of rotatable bonds is 6. The third-order valence-electron chi connectivity index (χ3n) is 8.48. The van der Waals surface area contributed by atoms with Gasteiger partial charge < -0.3 is 4.98 Å². The molecular weight excluding hydrogens is 731 g/mol. The van der Waals surface area contributed by atoms with E-state index in [9.17, 15) is 0 Å². The number of hydrogen-bond acceptors (Lipinski definition) is 5. The molecule has 1 aliphatic rings. The minimum Gasteiger partial charge on any atom is -0.304 e. The van der Waals surface area contributed by atoms with Crippen LogP contribution in [0.2, 0.25) is 0 Å². The Bertz CT molecular complexity index is 1880. The summed E-state index contributed by atoms with van der Waals surface area (Å²) >= 11 is 0. The van der Waals surface area contributed by atoms with E-state index in [0.717, 1.165) is 40.2 Å². The zero-order valence-electron chi connectivity index (χ0n) is 25.8. The predicted molar refractivity (Wildman–Crippen MR) is 178 cm³/mol. The van der Waals surface area contributed by atoms with Crippen LogP contribution in [0.1, 0.15) is 45.2 Å². The van der Waals surface area contributed by atoms with Gasteiger partial charge in [0.15, 0.2) is 11.6 Å². The van der Waals surface area contributed by atoms with Crippen molar-refractivity contribution in [2.75, 3.05) is 4.90 Å². The maximum absolute atomic E-state index is 5.02. The molecule has 0 N–H and O–H groups in total. The van der Waals surface area contributed by atoms with Crippen molar-refractivity contribution in [3.8, 4) is 34.0 Å².